The SMILES string of the molecule is CN(CCC[n+]1ccccc1N=Nc1c(N)c(O)cc2ccccc12)C(=O)c1ccc(C(=O)N(C)CCC[n+]2ccccc2/N=N/c2c(N)c(O)cc3ccccc23)cc1. The Labute approximate surface area is 347 Å². The highest BCUT2D eigenvalue weighted by Gasteiger charge is 2.19. The van der Waals surface area contributed by atoms with Gasteiger partial charge in [-0.3, -0.25) is 9.59 Å². The zero-order valence-electron chi connectivity index (χ0n) is 33.4. The largest absolute Gasteiger partial charge is 0.506 e. The van der Waals surface area contributed by atoms with Crippen molar-refractivity contribution in [3.8, 4) is 11.5 Å². The lowest BCUT2D eigenvalue weighted by Gasteiger charge is -2.18. The van der Waals surface area contributed by atoms with Crippen molar-refractivity contribution in [1.82, 2.24) is 9.80 Å². The van der Waals surface area contributed by atoms with Gasteiger partial charge in [0.25, 0.3) is 11.8 Å². The number of nitrogens with zero attached hydrogens (tertiary/aromatic N) is 8. The Bertz CT molecular complexity index is 2570. The summed E-state index contributed by atoms with van der Waals surface area (Å²) >= 11 is 0. The molecule has 7 aromatic rings. The summed E-state index contributed by atoms with van der Waals surface area (Å²) in [6, 6.07) is 36.2. The molecule has 0 aliphatic heterocycles. The second-order valence-corrected chi connectivity index (χ2v) is 14.4. The molecule has 0 aliphatic rings. The molecular weight excluding hydrogens is 757 g/mol. The second kappa shape index (κ2) is 18.2. The maximum Gasteiger partial charge on any atom is 0.350 e. The molecule has 60 heavy (non-hydrogen) atoms. The van der Waals surface area contributed by atoms with Crippen LogP contribution in [-0.2, 0) is 13.1 Å². The minimum Gasteiger partial charge on any atom is -0.506 e. The number of phenols is 2. The van der Waals surface area contributed by atoms with Crippen LogP contribution in [0.25, 0.3) is 21.5 Å². The number of carbonyl (C=O) groups is 2. The molecule has 2 aromatic heterocycles. The van der Waals surface area contributed by atoms with Crippen molar-refractivity contribution < 1.29 is 28.9 Å². The predicted molar refractivity (Wildman–Crippen MR) is 231 cm³/mol. The Balaban J connectivity index is 0.910. The van der Waals surface area contributed by atoms with Gasteiger partial charge in [-0.05, 0) is 69.5 Å². The number of carbonyl (C=O) groups excluding carboxylic acids is 2. The van der Waals surface area contributed by atoms with Crippen molar-refractivity contribution in [2.24, 2.45) is 20.5 Å². The number of aromatic hydroxyl groups is 2. The van der Waals surface area contributed by atoms with Gasteiger partial charge < -0.3 is 31.5 Å². The molecule has 0 radical (unpaired) electrons. The summed E-state index contributed by atoms with van der Waals surface area (Å²) in [4.78, 5) is 30.0. The van der Waals surface area contributed by atoms with Gasteiger partial charge >= 0.3 is 11.6 Å². The highest BCUT2D eigenvalue weighted by molar-refractivity contribution is 6.01. The van der Waals surface area contributed by atoms with Crippen molar-refractivity contribution in [3.05, 3.63) is 145 Å². The topological polar surface area (TPSA) is 190 Å². The third kappa shape index (κ3) is 9.02. The quantitative estimate of drug-likeness (QED) is 0.0370. The number of benzene rings is 5. The number of nitrogen functional groups attached to an aromatic ring is 2. The highest BCUT2D eigenvalue weighted by Crippen LogP contribution is 2.40. The Hall–Kier alpha value is -7.74. The first kappa shape index (κ1) is 40.5. The zero-order chi connectivity index (χ0) is 42.2. The molecule has 7 rings (SSSR count). The monoisotopic (exact) mass is 802 g/mol. The van der Waals surface area contributed by atoms with Crippen molar-refractivity contribution in [3.63, 3.8) is 0 Å². The van der Waals surface area contributed by atoms with Crippen molar-refractivity contribution >= 4 is 67.7 Å². The number of amides is 2. The Morgan fingerprint density at radius 1 is 0.550 bits per heavy atom. The molecule has 2 amide bonds. The number of aryl methyl sites for hydroxylation is 2. The fourth-order valence-electron chi connectivity index (χ4n) is 6.93. The molecule has 5 aromatic carbocycles. The summed E-state index contributed by atoms with van der Waals surface area (Å²) in [6.45, 7) is 2.10. The molecule has 0 bridgehead atoms. The van der Waals surface area contributed by atoms with E-state index < -0.39 is 0 Å². The van der Waals surface area contributed by atoms with E-state index in [9.17, 15) is 19.8 Å². The number of rotatable bonds is 14. The van der Waals surface area contributed by atoms with Crippen molar-refractivity contribution in [1.29, 1.82) is 0 Å². The number of hydrogen-bond donors (Lipinski definition) is 4. The van der Waals surface area contributed by atoms with Crippen LogP contribution in [0.5, 0.6) is 11.5 Å². The Morgan fingerprint density at radius 3 is 1.35 bits per heavy atom. The number of aromatic nitrogens is 2. The van der Waals surface area contributed by atoms with Gasteiger partial charge in [-0.25, -0.2) is 9.13 Å². The first-order valence-electron chi connectivity index (χ1n) is 19.5. The first-order valence-corrected chi connectivity index (χ1v) is 19.5. The average Bonchev–Trinajstić information content (AvgIpc) is 3.27. The van der Waals surface area contributed by atoms with E-state index in [4.69, 9.17) is 11.5 Å². The fraction of sp³-hybridized carbons (Fsp3) is 0.174. The third-order valence-corrected chi connectivity index (χ3v) is 10.3. The van der Waals surface area contributed by atoms with E-state index in [1.807, 2.05) is 106 Å². The van der Waals surface area contributed by atoms with Gasteiger partial charge in [-0.1, -0.05) is 60.7 Å². The van der Waals surface area contributed by atoms with E-state index in [1.54, 1.807) is 60.3 Å². The summed E-state index contributed by atoms with van der Waals surface area (Å²) in [6.07, 6.45) is 5.09. The number of hydrogen-bond acceptors (Lipinski definition) is 10. The van der Waals surface area contributed by atoms with E-state index in [2.05, 4.69) is 20.5 Å². The summed E-state index contributed by atoms with van der Waals surface area (Å²) in [5.74, 6) is 0.783. The number of anilines is 2. The van der Waals surface area contributed by atoms with Gasteiger partial charge in [0, 0.05) is 74.1 Å². The molecule has 14 nitrogen and oxygen atoms in total. The van der Waals surface area contributed by atoms with E-state index in [-0.39, 0.29) is 34.7 Å². The minimum absolute atomic E-state index is 0.0522. The molecule has 0 fully saturated rings. The second-order valence-electron chi connectivity index (χ2n) is 14.4. The summed E-state index contributed by atoms with van der Waals surface area (Å²) in [7, 11) is 3.51. The van der Waals surface area contributed by atoms with Crippen molar-refractivity contribution in [2.45, 2.75) is 25.9 Å². The molecule has 14 heteroatoms. The van der Waals surface area contributed by atoms with E-state index in [0.717, 1.165) is 21.5 Å². The number of pyridine rings is 2. The van der Waals surface area contributed by atoms with Gasteiger partial charge in [-0.2, -0.15) is 0 Å². The molecule has 0 aliphatic carbocycles. The molecule has 0 saturated heterocycles. The molecule has 0 saturated carbocycles. The van der Waals surface area contributed by atoms with Crippen molar-refractivity contribution in [2.75, 3.05) is 38.7 Å². The standard InChI is InChI=1S/C46H44N10O4/c1-53(23-11-27-55-25-9-7-17-39(55)49-51-43-35-15-5-3-13-33(35)29-37(57)41(43)47)45(59)31-19-21-32(22-20-31)46(60)54(2)24-12-28-56-26-10-8-18-40(56)50-52-44-36-16-6-4-14-34(36)30-38(58)42(44)48/h3-10,13-22,25-26,29-30,47-48H,11-12,23-24,27-28H2,1-2H3,(H2,51,52,57,58)/p+2. The molecule has 0 atom stereocenters. The van der Waals surface area contributed by atoms with Crippen LogP contribution in [0.2, 0.25) is 0 Å². The summed E-state index contributed by atoms with van der Waals surface area (Å²) < 4.78 is 3.89. The number of phenolic OH excluding ortho intramolecular Hbond substituents is 2. The van der Waals surface area contributed by atoms with E-state index in [1.165, 1.54) is 0 Å². The lowest BCUT2D eigenvalue weighted by atomic mass is 10.1. The molecular formula is C46H46N10O4+2. The van der Waals surface area contributed by atoms with Gasteiger partial charge in [0.1, 0.15) is 34.2 Å². The molecule has 0 spiro atoms. The highest BCUT2D eigenvalue weighted by atomic mass is 16.3. The zero-order valence-corrected chi connectivity index (χ0v) is 33.4. The molecule has 6 N–H and O–H groups in total. The van der Waals surface area contributed by atoms with E-state index in [0.29, 0.717) is 73.2 Å². The van der Waals surface area contributed by atoms with Crippen LogP contribution in [-0.4, -0.2) is 59.0 Å². The number of fused-ring (bicyclic) bond motifs is 2. The van der Waals surface area contributed by atoms with Gasteiger partial charge in [-0.15, -0.1) is 0 Å². The number of nitrogens with two attached hydrogens (primary N) is 2. The van der Waals surface area contributed by atoms with Crippen LogP contribution in [0.3, 0.4) is 0 Å². The van der Waals surface area contributed by atoms with Gasteiger partial charge in [0.15, 0.2) is 0 Å². The first-order chi connectivity index (χ1) is 29.1. The summed E-state index contributed by atoms with van der Waals surface area (Å²) in [5, 5.41) is 41.7. The Kier molecular flexibility index (Phi) is 12.3. The van der Waals surface area contributed by atoms with Crippen LogP contribution in [0.15, 0.2) is 154 Å². The molecule has 302 valence electrons. The molecule has 2 heterocycles. The number of azo groups is 2. The Morgan fingerprint density at radius 2 is 0.933 bits per heavy atom. The minimum atomic E-state index is -0.153. The molecule has 0 unspecified atom stereocenters. The fourth-order valence-corrected chi connectivity index (χ4v) is 6.93. The van der Waals surface area contributed by atoms with Crippen LogP contribution in [0.4, 0.5) is 34.4 Å². The van der Waals surface area contributed by atoms with Gasteiger partial charge in [0.05, 0.1) is 35.7 Å². The maximum absolute atomic E-state index is 13.3. The van der Waals surface area contributed by atoms with Crippen LogP contribution < -0.4 is 20.6 Å². The lowest BCUT2D eigenvalue weighted by molar-refractivity contribution is -0.684. The van der Waals surface area contributed by atoms with Crippen LogP contribution in [0, 0.1) is 0 Å². The summed E-state index contributed by atoms with van der Waals surface area (Å²) in [5.41, 5.74) is 14.4. The third-order valence-electron chi connectivity index (χ3n) is 10.3. The van der Waals surface area contributed by atoms with Crippen LogP contribution in [0.1, 0.15) is 33.6 Å². The average molecular weight is 803 g/mol. The predicted octanol–water partition coefficient (Wildman–Crippen LogP) is 8.30. The van der Waals surface area contributed by atoms with Gasteiger partial charge in [0.2, 0.25) is 0 Å². The van der Waals surface area contributed by atoms with Crippen LogP contribution >= 0.6 is 0 Å². The smallest absolute Gasteiger partial charge is 0.350 e. The van der Waals surface area contributed by atoms with E-state index >= 15 is 0 Å². The lowest BCUT2D eigenvalue weighted by Crippen LogP contribution is -2.36. The maximum atomic E-state index is 13.3. The normalized spacial score (nSPS) is 11.5.